The van der Waals surface area contributed by atoms with Gasteiger partial charge in [0, 0.05) is 12.3 Å². The molecule has 11 heteroatoms. The summed E-state index contributed by atoms with van der Waals surface area (Å²) in [4.78, 5) is 2.73. The highest BCUT2D eigenvalue weighted by molar-refractivity contribution is 7.89. The molecule has 2 aromatic rings. The van der Waals surface area contributed by atoms with Crippen LogP contribution in [0.15, 0.2) is 41.4 Å². The molecule has 0 N–H and O–H groups in total. The molecule has 0 bridgehead atoms. The lowest BCUT2D eigenvalue weighted by Crippen LogP contribution is -2.56. The number of ether oxygens (including phenoxy) is 1. The van der Waals surface area contributed by atoms with Crippen LogP contribution in [0.1, 0.15) is 5.56 Å². The van der Waals surface area contributed by atoms with E-state index < -0.39 is 44.4 Å². The summed E-state index contributed by atoms with van der Waals surface area (Å²) in [6.45, 7) is -0.331. The minimum absolute atomic E-state index is 0.100. The third-order valence-corrected chi connectivity index (χ3v) is 5.52. The molecule has 2 heterocycles. The first-order valence-corrected chi connectivity index (χ1v) is 8.66. The van der Waals surface area contributed by atoms with E-state index in [1.807, 2.05) is 0 Å². The topological polar surface area (TPSA) is 59.5 Å². The van der Waals surface area contributed by atoms with Crippen LogP contribution < -0.4 is 4.74 Å². The van der Waals surface area contributed by atoms with E-state index in [0.29, 0.717) is 18.3 Å². The van der Waals surface area contributed by atoms with Crippen molar-refractivity contribution in [1.29, 1.82) is 0 Å². The van der Waals surface area contributed by atoms with Crippen molar-refractivity contribution >= 4 is 10.0 Å². The summed E-state index contributed by atoms with van der Waals surface area (Å²) in [6, 6.07) is 3.90. The fourth-order valence-electron chi connectivity index (χ4n) is 2.27. The Morgan fingerprint density at radius 1 is 1.12 bits per heavy atom. The van der Waals surface area contributed by atoms with E-state index >= 15 is 0 Å². The van der Waals surface area contributed by atoms with Crippen molar-refractivity contribution in [2.45, 2.75) is 17.2 Å². The fraction of sp³-hybridized carbons (Fsp3) is 0.267. The Bertz CT molecular complexity index is 910. The summed E-state index contributed by atoms with van der Waals surface area (Å²) >= 11 is 0. The van der Waals surface area contributed by atoms with Gasteiger partial charge in [0.05, 0.1) is 18.7 Å². The van der Waals surface area contributed by atoms with Crippen molar-refractivity contribution in [2.75, 3.05) is 13.1 Å². The van der Waals surface area contributed by atoms with E-state index in [9.17, 15) is 30.4 Å². The minimum atomic E-state index is -4.53. The van der Waals surface area contributed by atoms with Crippen molar-refractivity contribution in [3.8, 4) is 5.88 Å². The Morgan fingerprint density at radius 3 is 2.38 bits per heavy atom. The number of pyridine rings is 1. The lowest BCUT2D eigenvalue weighted by Gasteiger charge is -2.37. The van der Waals surface area contributed by atoms with Gasteiger partial charge in [-0.2, -0.15) is 17.5 Å². The van der Waals surface area contributed by atoms with Gasteiger partial charge in [0.15, 0.2) is 0 Å². The molecule has 26 heavy (non-hydrogen) atoms. The van der Waals surface area contributed by atoms with Gasteiger partial charge in [0.25, 0.3) is 0 Å². The second kappa shape index (κ2) is 6.47. The van der Waals surface area contributed by atoms with Crippen LogP contribution in [-0.2, 0) is 16.2 Å². The number of rotatable bonds is 4. The van der Waals surface area contributed by atoms with E-state index in [2.05, 4.69) is 4.98 Å². The molecule has 5 nitrogen and oxygen atoms in total. The van der Waals surface area contributed by atoms with Gasteiger partial charge in [-0.1, -0.05) is 0 Å². The molecule has 0 spiro atoms. The third kappa shape index (κ3) is 3.63. The average molecular weight is 394 g/mol. The molecular formula is C15H11F5N2O3S. The number of hydrogen-bond acceptors (Lipinski definition) is 4. The van der Waals surface area contributed by atoms with E-state index in [1.54, 1.807) is 0 Å². The molecule has 1 fully saturated rings. The molecule has 1 aromatic carbocycles. The minimum Gasteiger partial charge on any atom is -0.472 e. The number of halogens is 5. The predicted molar refractivity (Wildman–Crippen MR) is 78.8 cm³/mol. The first-order chi connectivity index (χ1) is 12.1. The van der Waals surface area contributed by atoms with Crippen molar-refractivity contribution < 1.29 is 35.1 Å². The molecule has 0 atom stereocenters. The van der Waals surface area contributed by atoms with Crippen LogP contribution in [0.4, 0.5) is 22.0 Å². The van der Waals surface area contributed by atoms with Crippen molar-refractivity contribution in [3.63, 3.8) is 0 Å². The predicted octanol–water partition coefficient (Wildman–Crippen LogP) is 2.83. The normalized spacial score (nSPS) is 16.3. The Kier molecular flexibility index (Phi) is 4.61. The molecule has 0 unspecified atom stereocenters. The number of hydrogen-bond donors (Lipinski definition) is 0. The van der Waals surface area contributed by atoms with Crippen molar-refractivity contribution in [3.05, 3.63) is 53.7 Å². The second-order valence-electron chi connectivity index (χ2n) is 5.52. The van der Waals surface area contributed by atoms with Crippen molar-refractivity contribution in [1.82, 2.24) is 9.29 Å². The maximum atomic E-state index is 13.7. The van der Waals surface area contributed by atoms with Crippen LogP contribution in [0.2, 0.25) is 0 Å². The number of sulfonamides is 1. The lowest BCUT2D eigenvalue weighted by molar-refractivity contribution is -0.137. The summed E-state index contributed by atoms with van der Waals surface area (Å²) < 4.78 is 94.9. The molecule has 0 saturated carbocycles. The van der Waals surface area contributed by atoms with Crippen LogP contribution in [0.3, 0.4) is 0 Å². The Hall–Kier alpha value is -2.27. The van der Waals surface area contributed by atoms with E-state index in [0.717, 1.165) is 22.5 Å². The molecule has 140 valence electrons. The monoisotopic (exact) mass is 394 g/mol. The van der Waals surface area contributed by atoms with Gasteiger partial charge in [-0.05, 0) is 24.3 Å². The van der Waals surface area contributed by atoms with Gasteiger partial charge in [-0.3, -0.25) is 0 Å². The standard InChI is InChI=1S/C15H11F5N2O3S/c16-10-2-3-12(17)13(5-10)26(23,24)22-7-11(8-22)25-14-4-1-9(6-21-14)15(18,19)20/h1-6,11H,7-8H2. The average Bonchev–Trinajstić information content (AvgIpc) is 2.52. The summed E-state index contributed by atoms with van der Waals surface area (Å²) in [5.74, 6) is -2.08. The maximum absolute atomic E-state index is 13.7. The zero-order valence-electron chi connectivity index (χ0n) is 12.9. The van der Waals surface area contributed by atoms with Crippen LogP contribution >= 0.6 is 0 Å². The molecule has 3 rings (SSSR count). The molecular weight excluding hydrogens is 383 g/mol. The van der Waals surface area contributed by atoms with Crippen molar-refractivity contribution in [2.24, 2.45) is 0 Å². The van der Waals surface area contributed by atoms with Gasteiger partial charge in [-0.15, -0.1) is 0 Å². The van der Waals surface area contributed by atoms with E-state index in [-0.39, 0.29) is 19.0 Å². The van der Waals surface area contributed by atoms with Gasteiger partial charge in [-0.25, -0.2) is 22.2 Å². The smallest absolute Gasteiger partial charge is 0.417 e. The molecule has 1 aliphatic rings. The van der Waals surface area contributed by atoms with Gasteiger partial charge in [0.2, 0.25) is 15.9 Å². The highest BCUT2D eigenvalue weighted by Crippen LogP contribution is 2.30. The molecule has 0 amide bonds. The Labute approximate surface area is 145 Å². The zero-order chi connectivity index (χ0) is 19.1. The quantitative estimate of drug-likeness (QED) is 0.749. The summed E-state index contributed by atoms with van der Waals surface area (Å²) in [7, 11) is -4.24. The molecule has 1 aliphatic heterocycles. The van der Waals surface area contributed by atoms with Crippen LogP contribution in [-0.4, -0.2) is 36.9 Å². The van der Waals surface area contributed by atoms with Gasteiger partial charge < -0.3 is 4.74 Å². The zero-order valence-corrected chi connectivity index (χ0v) is 13.7. The van der Waals surface area contributed by atoms with Crippen LogP contribution in [0, 0.1) is 11.6 Å². The molecule has 1 aromatic heterocycles. The maximum Gasteiger partial charge on any atom is 0.417 e. The summed E-state index contributed by atoms with van der Waals surface area (Å²) in [5, 5.41) is 0. The molecule has 0 aliphatic carbocycles. The largest absolute Gasteiger partial charge is 0.472 e. The van der Waals surface area contributed by atoms with Crippen LogP contribution in [0.25, 0.3) is 0 Å². The second-order valence-corrected chi connectivity index (χ2v) is 7.43. The summed E-state index contributed by atoms with van der Waals surface area (Å²) in [6.07, 6.45) is -4.59. The lowest BCUT2D eigenvalue weighted by atomic mass is 10.2. The number of aromatic nitrogens is 1. The summed E-state index contributed by atoms with van der Waals surface area (Å²) in [5.41, 5.74) is -0.941. The van der Waals surface area contributed by atoms with E-state index in [4.69, 9.17) is 4.74 Å². The Balaban J connectivity index is 1.64. The number of benzene rings is 1. The first kappa shape index (κ1) is 18.5. The highest BCUT2D eigenvalue weighted by Gasteiger charge is 2.40. The Morgan fingerprint density at radius 2 is 1.81 bits per heavy atom. The van der Waals surface area contributed by atoms with E-state index in [1.165, 1.54) is 0 Å². The highest BCUT2D eigenvalue weighted by atomic mass is 32.2. The SMILES string of the molecule is O=S(=O)(c1cc(F)ccc1F)N1CC(Oc2ccc(C(F)(F)F)cn2)C1. The third-order valence-electron chi connectivity index (χ3n) is 3.68. The van der Waals surface area contributed by atoms with Crippen LogP contribution in [0.5, 0.6) is 5.88 Å². The number of nitrogens with zero attached hydrogens (tertiary/aromatic N) is 2. The fourth-order valence-corrected chi connectivity index (χ4v) is 3.85. The van der Waals surface area contributed by atoms with Gasteiger partial charge in [0.1, 0.15) is 22.6 Å². The molecule has 0 radical (unpaired) electrons. The molecule has 1 saturated heterocycles. The van der Waals surface area contributed by atoms with Gasteiger partial charge >= 0.3 is 6.18 Å². The first-order valence-electron chi connectivity index (χ1n) is 7.22. The number of alkyl halides is 3.